The number of hydrogen-bond acceptors (Lipinski definition) is 4. The van der Waals surface area contributed by atoms with Gasteiger partial charge in [0.1, 0.15) is 0 Å². The number of aliphatic imine (C=N–C) groups is 1. The van der Waals surface area contributed by atoms with Gasteiger partial charge in [0.05, 0.1) is 0 Å². The van der Waals surface area contributed by atoms with Gasteiger partial charge in [0.15, 0.2) is 5.96 Å². The van der Waals surface area contributed by atoms with E-state index in [2.05, 4.69) is 69.5 Å². The molecule has 0 radical (unpaired) electrons. The third-order valence-electron chi connectivity index (χ3n) is 5.89. The second-order valence-electron chi connectivity index (χ2n) is 7.79. The van der Waals surface area contributed by atoms with Crippen molar-refractivity contribution in [3.63, 3.8) is 0 Å². The van der Waals surface area contributed by atoms with E-state index in [1.807, 2.05) is 7.05 Å². The molecule has 2 heterocycles. The summed E-state index contributed by atoms with van der Waals surface area (Å²) in [5, 5.41) is 7.18. The van der Waals surface area contributed by atoms with Crippen molar-refractivity contribution in [2.24, 2.45) is 4.99 Å². The highest BCUT2D eigenvalue weighted by atomic mass is 127. The third kappa shape index (κ3) is 7.60. The Kier molecular flexibility index (Phi) is 11.1. The number of benzene rings is 1. The van der Waals surface area contributed by atoms with Gasteiger partial charge in [0, 0.05) is 50.7 Å². The number of ether oxygens (including phenoxy) is 1. The van der Waals surface area contributed by atoms with Crippen molar-refractivity contribution >= 4 is 41.7 Å². The van der Waals surface area contributed by atoms with Gasteiger partial charge in [-0.1, -0.05) is 37.3 Å². The van der Waals surface area contributed by atoms with Crippen LogP contribution in [0.4, 0.5) is 0 Å². The maximum atomic E-state index is 5.59. The molecule has 7 heteroatoms. The van der Waals surface area contributed by atoms with Crippen LogP contribution in [0.15, 0.2) is 35.3 Å². The molecule has 0 saturated carbocycles. The zero-order valence-corrected chi connectivity index (χ0v) is 21.0. The minimum atomic E-state index is 0. The lowest BCUT2D eigenvalue weighted by atomic mass is 9.99. The fourth-order valence-electron chi connectivity index (χ4n) is 4.25. The average molecular weight is 533 g/mol. The van der Waals surface area contributed by atoms with Gasteiger partial charge in [0.2, 0.25) is 0 Å². The van der Waals surface area contributed by atoms with Crippen molar-refractivity contribution in [3.8, 4) is 0 Å². The second-order valence-corrected chi connectivity index (χ2v) is 9.52. The molecule has 1 atom stereocenters. The van der Waals surface area contributed by atoms with Crippen LogP contribution in [0.3, 0.4) is 0 Å². The lowest BCUT2D eigenvalue weighted by Gasteiger charge is -2.37. The number of guanidine groups is 1. The van der Waals surface area contributed by atoms with Crippen molar-refractivity contribution < 1.29 is 4.74 Å². The van der Waals surface area contributed by atoms with E-state index in [1.165, 1.54) is 24.9 Å². The van der Waals surface area contributed by atoms with Gasteiger partial charge >= 0.3 is 0 Å². The molecule has 2 saturated heterocycles. The van der Waals surface area contributed by atoms with E-state index in [0.29, 0.717) is 6.04 Å². The number of thioether (sulfide) groups is 1. The summed E-state index contributed by atoms with van der Waals surface area (Å²) < 4.78 is 5.86. The first-order valence-corrected chi connectivity index (χ1v) is 11.7. The predicted molar refractivity (Wildman–Crippen MR) is 136 cm³/mol. The van der Waals surface area contributed by atoms with Gasteiger partial charge < -0.3 is 15.4 Å². The Morgan fingerprint density at radius 1 is 1.24 bits per heavy atom. The molecule has 0 bridgehead atoms. The average Bonchev–Trinajstić information content (AvgIpc) is 3.17. The van der Waals surface area contributed by atoms with Gasteiger partial charge in [-0.15, -0.1) is 24.0 Å². The smallest absolute Gasteiger partial charge is 0.191 e. The third-order valence-corrected chi connectivity index (χ3v) is 7.34. The number of nitrogens with zero attached hydrogens (tertiary/aromatic N) is 2. The van der Waals surface area contributed by atoms with Crippen LogP contribution in [0.2, 0.25) is 0 Å². The van der Waals surface area contributed by atoms with E-state index >= 15 is 0 Å². The highest BCUT2D eigenvalue weighted by Gasteiger charge is 2.33. The Balaban J connectivity index is 0.00000300. The summed E-state index contributed by atoms with van der Waals surface area (Å²) in [6.07, 6.45) is 4.76. The molecular formula is C22H37IN4OS. The van der Waals surface area contributed by atoms with Gasteiger partial charge in [-0.25, -0.2) is 0 Å². The summed E-state index contributed by atoms with van der Waals surface area (Å²) in [6, 6.07) is 11.4. The topological polar surface area (TPSA) is 48.9 Å². The lowest BCUT2D eigenvalue weighted by Crippen LogP contribution is -2.50. The molecule has 1 aromatic carbocycles. The maximum Gasteiger partial charge on any atom is 0.191 e. The van der Waals surface area contributed by atoms with E-state index in [9.17, 15) is 0 Å². The van der Waals surface area contributed by atoms with Crippen molar-refractivity contribution in [1.82, 2.24) is 15.5 Å². The van der Waals surface area contributed by atoms with Crippen LogP contribution < -0.4 is 10.6 Å². The van der Waals surface area contributed by atoms with Gasteiger partial charge in [-0.05, 0) is 43.5 Å². The van der Waals surface area contributed by atoms with E-state index in [4.69, 9.17) is 4.74 Å². The summed E-state index contributed by atoms with van der Waals surface area (Å²) in [5.41, 5.74) is 1.40. The van der Waals surface area contributed by atoms with Crippen LogP contribution in [0.1, 0.15) is 38.2 Å². The summed E-state index contributed by atoms with van der Waals surface area (Å²) in [7, 11) is 1.87. The molecule has 1 aromatic rings. The molecule has 2 fully saturated rings. The SMILES string of the molecule is CCSC1(CNC(=NC)NCC2CCCN2Cc2ccccc2)CCOCC1.I. The fraction of sp³-hybridized carbons (Fsp3) is 0.682. The first kappa shape index (κ1) is 24.8. The highest BCUT2D eigenvalue weighted by molar-refractivity contribution is 14.0. The standard InChI is InChI=1S/C22H36N4OS.HI/c1-3-28-22(11-14-27-15-12-22)18-25-21(23-2)24-16-20-10-7-13-26(20)17-19-8-5-4-6-9-19;/h4-6,8-9,20H,3,7,10-18H2,1-2H3,(H2,23,24,25);1H. The number of likely N-dealkylation sites (tertiary alicyclic amines) is 1. The Morgan fingerprint density at radius 2 is 2.00 bits per heavy atom. The minimum absolute atomic E-state index is 0. The van der Waals surface area contributed by atoms with E-state index in [-0.39, 0.29) is 28.7 Å². The number of halogens is 1. The maximum absolute atomic E-state index is 5.59. The molecule has 1 unspecified atom stereocenters. The van der Waals surface area contributed by atoms with Crippen LogP contribution in [0.5, 0.6) is 0 Å². The van der Waals surface area contributed by atoms with Crippen molar-refractivity contribution in [1.29, 1.82) is 0 Å². The quantitative estimate of drug-likeness (QED) is 0.304. The van der Waals surface area contributed by atoms with E-state index in [0.717, 1.165) is 57.4 Å². The summed E-state index contributed by atoms with van der Waals surface area (Å²) >= 11 is 2.06. The molecule has 2 N–H and O–H groups in total. The van der Waals surface area contributed by atoms with Gasteiger partial charge in [-0.2, -0.15) is 11.8 Å². The second kappa shape index (κ2) is 13.0. The van der Waals surface area contributed by atoms with Crippen LogP contribution in [0.25, 0.3) is 0 Å². The normalized spacial score (nSPS) is 22.1. The lowest BCUT2D eigenvalue weighted by molar-refractivity contribution is 0.0782. The zero-order chi connectivity index (χ0) is 19.7. The number of hydrogen-bond donors (Lipinski definition) is 2. The van der Waals surface area contributed by atoms with Crippen LogP contribution in [-0.2, 0) is 11.3 Å². The van der Waals surface area contributed by atoms with Crippen molar-refractivity contribution in [2.75, 3.05) is 45.6 Å². The van der Waals surface area contributed by atoms with Gasteiger partial charge in [0.25, 0.3) is 0 Å². The highest BCUT2D eigenvalue weighted by Crippen LogP contribution is 2.34. The zero-order valence-electron chi connectivity index (χ0n) is 17.9. The molecule has 3 rings (SSSR count). The molecule has 164 valence electrons. The van der Waals surface area contributed by atoms with Crippen molar-refractivity contribution in [3.05, 3.63) is 35.9 Å². The van der Waals surface area contributed by atoms with Crippen LogP contribution in [-0.4, -0.2) is 67.3 Å². The molecule has 5 nitrogen and oxygen atoms in total. The number of nitrogens with one attached hydrogen (secondary N) is 2. The molecule has 0 amide bonds. The molecule has 2 aliphatic rings. The monoisotopic (exact) mass is 532 g/mol. The summed E-state index contributed by atoms with van der Waals surface area (Å²) in [5.74, 6) is 2.07. The van der Waals surface area contributed by atoms with E-state index < -0.39 is 0 Å². The Morgan fingerprint density at radius 3 is 2.69 bits per heavy atom. The summed E-state index contributed by atoms with van der Waals surface area (Å²) in [6.45, 7) is 8.11. The van der Waals surface area contributed by atoms with Crippen LogP contribution >= 0.6 is 35.7 Å². The first-order valence-electron chi connectivity index (χ1n) is 10.7. The molecular weight excluding hydrogens is 495 g/mol. The molecule has 2 aliphatic heterocycles. The predicted octanol–water partition coefficient (Wildman–Crippen LogP) is 3.74. The fourth-order valence-corrected chi connectivity index (χ4v) is 5.50. The minimum Gasteiger partial charge on any atom is -0.381 e. The first-order chi connectivity index (χ1) is 13.7. The number of rotatable bonds is 8. The van der Waals surface area contributed by atoms with Gasteiger partial charge in [-0.3, -0.25) is 9.89 Å². The molecule has 0 aliphatic carbocycles. The van der Waals surface area contributed by atoms with Crippen LogP contribution in [0, 0.1) is 0 Å². The van der Waals surface area contributed by atoms with Crippen molar-refractivity contribution in [2.45, 2.75) is 49.9 Å². The Labute approximate surface area is 197 Å². The molecule has 29 heavy (non-hydrogen) atoms. The molecule has 0 spiro atoms. The molecule has 0 aromatic heterocycles. The largest absolute Gasteiger partial charge is 0.381 e. The Bertz CT molecular complexity index is 605. The summed E-state index contributed by atoms with van der Waals surface area (Å²) in [4.78, 5) is 7.07. The van der Waals surface area contributed by atoms with E-state index in [1.54, 1.807) is 0 Å². The Hall–Kier alpha value is -0.510.